The summed E-state index contributed by atoms with van der Waals surface area (Å²) < 4.78 is 41.2. The molecule has 0 bridgehead atoms. The number of carbonyl (C=O) groups is 2. The lowest BCUT2D eigenvalue weighted by Gasteiger charge is -2.47. The van der Waals surface area contributed by atoms with Gasteiger partial charge in [-0.1, -0.05) is 6.07 Å². The minimum Gasteiger partial charge on any atom is -0.406 e. The maximum absolute atomic E-state index is 12.9. The number of nitrogens with zero attached hydrogens (tertiary/aromatic N) is 2. The average Bonchev–Trinajstić information content (AvgIpc) is 2.73. The van der Waals surface area contributed by atoms with Gasteiger partial charge >= 0.3 is 6.36 Å². The van der Waals surface area contributed by atoms with Crippen LogP contribution in [0.25, 0.3) is 0 Å². The highest BCUT2D eigenvalue weighted by molar-refractivity contribution is 6.08. The highest BCUT2D eigenvalue weighted by Crippen LogP contribution is 2.36. The van der Waals surface area contributed by atoms with E-state index in [1.165, 1.54) is 12.1 Å². The van der Waals surface area contributed by atoms with E-state index >= 15 is 0 Å². The predicted molar refractivity (Wildman–Crippen MR) is 109 cm³/mol. The van der Waals surface area contributed by atoms with Gasteiger partial charge in [0.05, 0.1) is 11.3 Å². The molecule has 0 saturated carbocycles. The third-order valence-electron chi connectivity index (χ3n) is 5.56. The lowest BCUT2D eigenvalue weighted by Crippen LogP contribution is -2.57. The van der Waals surface area contributed by atoms with E-state index in [0.29, 0.717) is 23.4 Å². The molecule has 1 N–H and O–H groups in total. The first kappa shape index (κ1) is 21.0. The number of rotatable bonds is 4. The molecule has 2 heterocycles. The van der Waals surface area contributed by atoms with Crippen LogP contribution in [0.5, 0.6) is 5.75 Å². The van der Waals surface area contributed by atoms with Crippen molar-refractivity contribution in [3.8, 4) is 5.75 Å². The fourth-order valence-electron chi connectivity index (χ4n) is 4.24. The Morgan fingerprint density at radius 2 is 2.00 bits per heavy atom. The Labute approximate surface area is 177 Å². The summed E-state index contributed by atoms with van der Waals surface area (Å²) in [6.07, 6.45) is -1.94. The van der Waals surface area contributed by atoms with Gasteiger partial charge in [0.15, 0.2) is 0 Å². The van der Waals surface area contributed by atoms with Crippen molar-refractivity contribution in [2.24, 2.45) is 0 Å². The number of benzene rings is 2. The molecule has 0 radical (unpaired) electrons. The lowest BCUT2D eigenvalue weighted by molar-refractivity contribution is -0.274. The fourth-order valence-corrected chi connectivity index (χ4v) is 4.24. The third-order valence-corrected chi connectivity index (χ3v) is 5.56. The number of carbonyl (C=O) groups excluding carboxylic acids is 2. The van der Waals surface area contributed by atoms with Crippen LogP contribution >= 0.6 is 0 Å². The van der Waals surface area contributed by atoms with Gasteiger partial charge in [-0.25, -0.2) is 0 Å². The van der Waals surface area contributed by atoms with Crippen molar-refractivity contribution >= 4 is 23.2 Å². The van der Waals surface area contributed by atoms with Crippen LogP contribution in [0.3, 0.4) is 0 Å². The molecule has 164 valence electrons. The Kier molecular flexibility index (Phi) is 5.51. The van der Waals surface area contributed by atoms with E-state index in [-0.39, 0.29) is 17.8 Å². The number of nitrogens with one attached hydrogen (secondary N) is 1. The van der Waals surface area contributed by atoms with Crippen LogP contribution in [0.1, 0.15) is 46.9 Å². The molecule has 2 aliphatic heterocycles. The molecule has 0 aliphatic carbocycles. The van der Waals surface area contributed by atoms with Crippen molar-refractivity contribution in [3.63, 3.8) is 0 Å². The zero-order valence-electron chi connectivity index (χ0n) is 16.9. The van der Waals surface area contributed by atoms with Crippen molar-refractivity contribution in [1.82, 2.24) is 4.90 Å². The minimum absolute atomic E-state index is 0.0201. The maximum atomic E-state index is 12.9. The van der Waals surface area contributed by atoms with Crippen LogP contribution in [-0.2, 0) is 0 Å². The predicted octanol–water partition coefficient (Wildman–Crippen LogP) is 4.63. The van der Waals surface area contributed by atoms with E-state index < -0.39 is 18.0 Å². The van der Waals surface area contributed by atoms with Crippen molar-refractivity contribution < 1.29 is 27.5 Å². The quantitative estimate of drug-likeness (QED) is 0.764. The summed E-state index contributed by atoms with van der Waals surface area (Å²) in [7, 11) is 0. The summed E-state index contributed by atoms with van der Waals surface area (Å²) in [6, 6.07) is 9.96. The average molecular weight is 433 g/mol. The van der Waals surface area contributed by atoms with Crippen LogP contribution in [0.4, 0.5) is 24.5 Å². The minimum atomic E-state index is -4.82. The van der Waals surface area contributed by atoms with Gasteiger partial charge in [-0.05, 0) is 56.5 Å². The molecule has 2 aromatic rings. The molecular formula is C22H22F3N3O3. The molecule has 1 fully saturated rings. The van der Waals surface area contributed by atoms with E-state index in [0.717, 1.165) is 37.9 Å². The van der Waals surface area contributed by atoms with Gasteiger partial charge in [-0.15, -0.1) is 13.2 Å². The Bertz CT molecular complexity index is 1010. The Hall–Kier alpha value is -3.23. The van der Waals surface area contributed by atoms with Crippen LogP contribution in [0.2, 0.25) is 0 Å². The second-order valence-electron chi connectivity index (χ2n) is 7.52. The number of hydrogen-bond donors (Lipinski definition) is 1. The smallest absolute Gasteiger partial charge is 0.406 e. The number of fused-ring (bicyclic) bond motifs is 2. The van der Waals surface area contributed by atoms with Crippen LogP contribution in [0.15, 0.2) is 42.5 Å². The van der Waals surface area contributed by atoms with E-state index in [2.05, 4.69) is 15.0 Å². The number of alkyl halides is 3. The van der Waals surface area contributed by atoms with Gasteiger partial charge in [0.25, 0.3) is 11.8 Å². The zero-order chi connectivity index (χ0) is 22.2. The van der Waals surface area contributed by atoms with Crippen molar-refractivity contribution in [3.05, 3.63) is 53.6 Å². The second-order valence-corrected chi connectivity index (χ2v) is 7.52. The van der Waals surface area contributed by atoms with Gasteiger partial charge in [0, 0.05) is 30.4 Å². The molecule has 2 aliphatic rings. The first-order chi connectivity index (χ1) is 14.8. The summed E-state index contributed by atoms with van der Waals surface area (Å²) in [4.78, 5) is 29.7. The molecule has 31 heavy (non-hydrogen) atoms. The molecule has 9 heteroatoms. The molecular weight excluding hydrogens is 411 g/mol. The highest BCUT2D eigenvalue weighted by Gasteiger charge is 2.38. The standard InChI is InChI=1S/C22H22F3N3O3/c1-2-27-18-12-14(9-10-17(18)21(30)28-11-4-3-8-19(27)28)20(29)26-15-6-5-7-16(13-15)31-22(23,24)25/h5-7,9-10,12-13,19H,2-4,8,11H2,1H3,(H,26,29)/t19-/m1/s1. The monoisotopic (exact) mass is 433 g/mol. The topological polar surface area (TPSA) is 61.9 Å². The van der Waals surface area contributed by atoms with Gasteiger partial charge in [-0.2, -0.15) is 0 Å². The summed E-state index contributed by atoms with van der Waals surface area (Å²) in [6.45, 7) is 3.41. The number of piperidine rings is 1. The number of ether oxygens (including phenoxy) is 1. The maximum Gasteiger partial charge on any atom is 0.573 e. The van der Waals surface area contributed by atoms with E-state index in [1.54, 1.807) is 18.2 Å². The molecule has 4 rings (SSSR count). The zero-order valence-corrected chi connectivity index (χ0v) is 16.9. The first-order valence-corrected chi connectivity index (χ1v) is 10.2. The third kappa shape index (κ3) is 4.30. The van der Waals surface area contributed by atoms with Gasteiger partial charge in [-0.3, -0.25) is 9.59 Å². The number of halogens is 3. The molecule has 1 saturated heterocycles. The number of anilines is 2. The summed E-state index contributed by atoms with van der Waals surface area (Å²) >= 11 is 0. The normalized spacial score (nSPS) is 18.3. The van der Waals surface area contributed by atoms with E-state index in [9.17, 15) is 22.8 Å². The van der Waals surface area contributed by atoms with E-state index in [4.69, 9.17) is 0 Å². The fraction of sp³-hybridized carbons (Fsp3) is 0.364. The molecule has 2 aromatic carbocycles. The summed E-state index contributed by atoms with van der Waals surface area (Å²) in [5.74, 6) is -0.939. The molecule has 2 amide bonds. The largest absolute Gasteiger partial charge is 0.573 e. The number of hydrogen-bond acceptors (Lipinski definition) is 4. The summed E-state index contributed by atoms with van der Waals surface area (Å²) in [5, 5.41) is 2.59. The molecule has 0 aromatic heterocycles. The second kappa shape index (κ2) is 8.13. The molecule has 0 spiro atoms. The van der Waals surface area contributed by atoms with Crippen molar-refractivity contribution in [1.29, 1.82) is 0 Å². The molecule has 1 atom stereocenters. The Morgan fingerprint density at radius 3 is 2.74 bits per heavy atom. The van der Waals surface area contributed by atoms with Gasteiger partial charge in [0.2, 0.25) is 0 Å². The Balaban J connectivity index is 1.58. The van der Waals surface area contributed by atoms with Gasteiger partial charge in [0.1, 0.15) is 11.9 Å². The van der Waals surface area contributed by atoms with Gasteiger partial charge < -0.3 is 19.9 Å². The molecule has 6 nitrogen and oxygen atoms in total. The number of amides is 2. The SMILES string of the molecule is CCN1c2cc(C(=O)Nc3cccc(OC(F)(F)F)c3)ccc2C(=O)N2CCCC[C@@H]21. The Morgan fingerprint density at radius 1 is 1.19 bits per heavy atom. The first-order valence-electron chi connectivity index (χ1n) is 10.2. The van der Waals surface area contributed by atoms with Crippen LogP contribution in [0, 0.1) is 0 Å². The van der Waals surface area contributed by atoms with Crippen molar-refractivity contribution in [2.75, 3.05) is 23.3 Å². The highest BCUT2D eigenvalue weighted by atomic mass is 19.4. The van der Waals surface area contributed by atoms with Crippen molar-refractivity contribution in [2.45, 2.75) is 38.7 Å². The lowest BCUT2D eigenvalue weighted by atomic mass is 9.97. The molecule has 0 unspecified atom stereocenters. The van der Waals surface area contributed by atoms with E-state index in [1.807, 2.05) is 11.8 Å². The summed E-state index contributed by atoms with van der Waals surface area (Å²) in [5.41, 5.74) is 1.75. The van der Waals surface area contributed by atoms with Crippen LogP contribution < -0.4 is 15.0 Å². The van der Waals surface area contributed by atoms with Crippen LogP contribution in [-0.4, -0.2) is 42.3 Å².